The fraction of sp³-hybridized carbons (Fsp3) is 0.842. The summed E-state index contributed by atoms with van der Waals surface area (Å²) in [6.45, 7) is 4.02. The van der Waals surface area contributed by atoms with Crippen LogP contribution < -0.4 is 5.32 Å². The van der Waals surface area contributed by atoms with Gasteiger partial charge in [0.05, 0.1) is 18.8 Å². The Balaban J connectivity index is 3.67. The van der Waals surface area contributed by atoms with Gasteiger partial charge in [0.2, 0.25) is 5.91 Å². The Morgan fingerprint density at radius 2 is 0.714 bits per heavy atom. The lowest BCUT2D eigenvalue weighted by Gasteiger charge is -2.27. The van der Waals surface area contributed by atoms with Gasteiger partial charge in [0.1, 0.15) is 12.2 Å². The lowest BCUT2D eigenvalue weighted by molar-refractivity contribution is -0.132. The van der Waals surface area contributed by atoms with E-state index in [0.717, 1.165) is 57.8 Å². The van der Waals surface area contributed by atoms with E-state index in [1.54, 1.807) is 0 Å². The molecule has 0 saturated heterocycles. The zero-order valence-corrected chi connectivity index (χ0v) is 41.8. The number of allylic oxidation sites excluding steroid dienone is 8. The summed E-state index contributed by atoms with van der Waals surface area (Å²) in [6, 6.07) is -1.02. The van der Waals surface area contributed by atoms with Gasteiger partial charge in [0, 0.05) is 0 Å². The molecule has 0 aliphatic carbocycles. The average Bonchev–Trinajstić information content (AvgIpc) is 3.29. The molecule has 370 valence electrons. The van der Waals surface area contributed by atoms with Gasteiger partial charge in [0.25, 0.3) is 0 Å². The van der Waals surface area contributed by atoms with E-state index in [9.17, 15) is 25.2 Å². The lowest BCUT2D eigenvalue weighted by atomic mass is 10.00. The highest BCUT2D eigenvalue weighted by Crippen LogP contribution is 2.17. The quantitative estimate of drug-likeness (QED) is 0.0309. The molecular formula is C57H107NO5. The highest BCUT2D eigenvalue weighted by atomic mass is 16.3. The number of carbonyl (C=O) groups excluding carboxylic acids is 1. The van der Waals surface area contributed by atoms with Crippen molar-refractivity contribution in [3.8, 4) is 0 Å². The normalized spacial score (nSPS) is 14.2. The van der Waals surface area contributed by atoms with Gasteiger partial charge in [-0.05, 0) is 83.5 Å². The van der Waals surface area contributed by atoms with Crippen molar-refractivity contribution in [3.05, 3.63) is 48.6 Å². The van der Waals surface area contributed by atoms with Crippen molar-refractivity contribution in [3.63, 3.8) is 0 Å². The van der Waals surface area contributed by atoms with Crippen molar-refractivity contribution in [2.24, 2.45) is 0 Å². The second kappa shape index (κ2) is 51.3. The van der Waals surface area contributed by atoms with Crippen LogP contribution in [0.3, 0.4) is 0 Å². The van der Waals surface area contributed by atoms with Crippen LogP contribution >= 0.6 is 0 Å². The lowest BCUT2D eigenvalue weighted by Crippen LogP contribution is -2.53. The molecule has 0 bridgehead atoms. The number of nitrogens with one attached hydrogen (secondary N) is 1. The van der Waals surface area contributed by atoms with Gasteiger partial charge in [-0.3, -0.25) is 4.79 Å². The van der Waals surface area contributed by atoms with E-state index >= 15 is 0 Å². The molecule has 0 aliphatic rings. The third kappa shape index (κ3) is 45.2. The molecule has 4 atom stereocenters. The standard InChI is InChI=1S/C57H107NO5/c1-3-5-7-9-11-13-15-17-19-21-22-23-24-25-26-27-28-29-30-31-32-33-34-35-37-38-40-42-44-46-48-50-54(60)56(62)53(52-59)58-57(63)55(61)51-49-47-45-43-41-39-36-20-18-16-14-12-10-8-6-4-2/h12,14,18,20,35,37,42,44,53-56,59-62H,3-11,13,15-17,19,21-34,36,38-41,43,45-52H2,1-2H3,(H,58,63)/b14-12-,20-18-,37-35+,44-42+. The zero-order valence-electron chi connectivity index (χ0n) is 41.8. The summed E-state index contributed by atoms with van der Waals surface area (Å²) >= 11 is 0. The van der Waals surface area contributed by atoms with Crippen LogP contribution in [-0.2, 0) is 4.79 Å². The largest absolute Gasteiger partial charge is 0.394 e. The van der Waals surface area contributed by atoms with E-state index < -0.39 is 36.9 Å². The van der Waals surface area contributed by atoms with E-state index in [0.29, 0.717) is 19.3 Å². The van der Waals surface area contributed by atoms with Crippen LogP contribution in [0.5, 0.6) is 0 Å². The fourth-order valence-corrected chi connectivity index (χ4v) is 8.39. The predicted octanol–water partition coefficient (Wildman–Crippen LogP) is 15.8. The second-order valence-corrected chi connectivity index (χ2v) is 18.9. The molecule has 0 aromatic heterocycles. The van der Waals surface area contributed by atoms with Gasteiger partial charge in [-0.15, -0.1) is 0 Å². The molecule has 1 amide bonds. The first-order valence-corrected chi connectivity index (χ1v) is 27.5. The number of rotatable bonds is 50. The Hall–Kier alpha value is -1.73. The maximum Gasteiger partial charge on any atom is 0.249 e. The predicted molar refractivity (Wildman–Crippen MR) is 274 cm³/mol. The highest BCUT2D eigenvalue weighted by molar-refractivity contribution is 5.80. The van der Waals surface area contributed by atoms with Crippen LogP contribution in [0.25, 0.3) is 0 Å². The first kappa shape index (κ1) is 61.3. The van der Waals surface area contributed by atoms with E-state index in [1.165, 1.54) is 186 Å². The molecule has 5 N–H and O–H groups in total. The molecule has 0 fully saturated rings. The highest BCUT2D eigenvalue weighted by Gasteiger charge is 2.28. The first-order valence-electron chi connectivity index (χ1n) is 27.5. The molecule has 63 heavy (non-hydrogen) atoms. The van der Waals surface area contributed by atoms with Gasteiger partial charge >= 0.3 is 0 Å². The van der Waals surface area contributed by atoms with Gasteiger partial charge in [-0.25, -0.2) is 0 Å². The summed E-state index contributed by atoms with van der Waals surface area (Å²) in [6.07, 6.45) is 64.7. The van der Waals surface area contributed by atoms with Gasteiger partial charge in [-0.1, -0.05) is 242 Å². The molecule has 0 spiro atoms. The van der Waals surface area contributed by atoms with Crippen LogP contribution in [0.2, 0.25) is 0 Å². The molecule has 0 aliphatic heterocycles. The topological polar surface area (TPSA) is 110 Å². The summed E-state index contributed by atoms with van der Waals surface area (Å²) in [5.74, 6) is -0.606. The third-order valence-corrected chi connectivity index (χ3v) is 12.7. The molecular weight excluding hydrogens is 779 g/mol. The molecule has 6 nitrogen and oxygen atoms in total. The Labute approximate surface area is 391 Å². The minimum atomic E-state index is -1.30. The van der Waals surface area contributed by atoms with Crippen LogP contribution in [0.4, 0.5) is 0 Å². The second-order valence-electron chi connectivity index (χ2n) is 18.9. The summed E-state index contributed by atoms with van der Waals surface area (Å²) in [7, 11) is 0. The third-order valence-electron chi connectivity index (χ3n) is 12.7. The van der Waals surface area contributed by atoms with Crippen LogP contribution in [-0.4, -0.2) is 57.3 Å². The summed E-state index contributed by atoms with van der Waals surface area (Å²) < 4.78 is 0. The van der Waals surface area contributed by atoms with Gasteiger partial charge < -0.3 is 25.7 Å². The number of hydrogen-bond acceptors (Lipinski definition) is 5. The van der Waals surface area contributed by atoms with Gasteiger partial charge in [-0.2, -0.15) is 0 Å². The monoisotopic (exact) mass is 886 g/mol. The van der Waals surface area contributed by atoms with Crippen molar-refractivity contribution in [2.75, 3.05) is 6.61 Å². The molecule has 4 unspecified atom stereocenters. The smallest absolute Gasteiger partial charge is 0.249 e. The van der Waals surface area contributed by atoms with Crippen LogP contribution in [0.1, 0.15) is 277 Å². The SMILES string of the molecule is CCCCC/C=C\C/C=C\CCCCCCCCC(O)C(=O)NC(CO)C(O)C(O)CCC/C=C/CC/C=C/CCCCCCCCCCCCCCCCCCCCCCCC. The number of amides is 1. The maximum absolute atomic E-state index is 12.5. The number of aliphatic hydroxyl groups excluding tert-OH is 4. The Bertz CT molecular complexity index is 1040. The van der Waals surface area contributed by atoms with Crippen molar-refractivity contribution in [1.82, 2.24) is 5.32 Å². The molecule has 0 aromatic carbocycles. The van der Waals surface area contributed by atoms with E-state index in [1.807, 2.05) is 0 Å². The summed E-state index contributed by atoms with van der Waals surface area (Å²) in [4.78, 5) is 12.5. The maximum atomic E-state index is 12.5. The zero-order chi connectivity index (χ0) is 45.9. The van der Waals surface area contributed by atoms with Crippen molar-refractivity contribution in [2.45, 2.75) is 301 Å². The van der Waals surface area contributed by atoms with Crippen molar-refractivity contribution in [1.29, 1.82) is 0 Å². The summed E-state index contributed by atoms with van der Waals surface area (Å²) in [5.41, 5.74) is 0. The Kier molecular flexibility index (Phi) is 49.8. The first-order chi connectivity index (χ1) is 31.0. The van der Waals surface area contributed by atoms with Crippen LogP contribution in [0, 0.1) is 0 Å². The minimum Gasteiger partial charge on any atom is -0.394 e. The number of carbonyl (C=O) groups is 1. The van der Waals surface area contributed by atoms with Crippen LogP contribution in [0.15, 0.2) is 48.6 Å². The molecule has 0 radical (unpaired) electrons. The molecule has 0 saturated carbocycles. The Morgan fingerprint density at radius 3 is 1.13 bits per heavy atom. The van der Waals surface area contributed by atoms with Crippen molar-refractivity contribution >= 4 is 5.91 Å². The van der Waals surface area contributed by atoms with E-state index in [4.69, 9.17) is 0 Å². The molecule has 6 heteroatoms. The molecule has 0 aromatic rings. The molecule has 0 heterocycles. The van der Waals surface area contributed by atoms with E-state index in [2.05, 4.69) is 67.8 Å². The Morgan fingerprint density at radius 1 is 0.397 bits per heavy atom. The number of aliphatic hydroxyl groups is 4. The van der Waals surface area contributed by atoms with E-state index in [-0.39, 0.29) is 0 Å². The van der Waals surface area contributed by atoms with Crippen molar-refractivity contribution < 1.29 is 25.2 Å². The number of unbranched alkanes of at least 4 members (excludes halogenated alkanes) is 33. The van der Waals surface area contributed by atoms with Gasteiger partial charge in [0.15, 0.2) is 0 Å². The minimum absolute atomic E-state index is 0.346. The summed E-state index contributed by atoms with van der Waals surface area (Å²) in [5, 5.41) is 43.8. The number of hydrogen-bond donors (Lipinski definition) is 5. The fourth-order valence-electron chi connectivity index (χ4n) is 8.39. The molecule has 0 rings (SSSR count). The average molecular weight is 886 g/mol.